The maximum absolute atomic E-state index is 14.6. The largest absolute Gasteiger partial charge is 0.480 e. The summed E-state index contributed by atoms with van der Waals surface area (Å²) in [7, 11) is 0. The third kappa shape index (κ3) is 23.1. The number of carboxylic acids is 1. The number of aliphatic imine (C=N–C) groups is 2. The van der Waals surface area contributed by atoms with E-state index in [1.54, 1.807) is 60.7 Å². The number of benzene rings is 2. The number of amides is 7. The molecule has 0 fully saturated rings. The monoisotopic (exact) mass is 1080 g/mol. The highest BCUT2D eigenvalue weighted by atomic mass is 32.1. The van der Waals surface area contributed by atoms with Crippen molar-refractivity contribution in [2.45, 2.75) is 119 Å². The van der Waals surface area contributed by atoms with Crippen molar-refractivity contribution in [3.05, 3.63) is 90.0 Å². The number of aromatic amines is 1. The van der Waals surface area contributed by atoms with E-state index in [0.29, 0.717) is 36.1 Å². The average molecular weight is 1080 g/mol. The van der Waals surface area contributed by atoms with E-state index in [9.17, 15) is 43.5 Å². The summed E-state index contributed by atoms with van der Waals surface area (Å²) in [5, 5.41) is 28.1. The van der Waals surface area contributed by atoms with Crippen LogP contribution in [0.5, 0.6) is 0 Å². The molecule has 0 aliphatic heterocycles. The van der Waals surface area contributed by atoms with Gasteiger partial charge in [0, 0.05) is 55.7 Å². The van der Waals surface area contributed by atoms with E-state index in [-0.39, 0.29) is 81.5 Å². The number of rotatable bonds is 34. The molecule has 8 atom stereocenters. The van der Waals surface area contributed by atoms with Crippen molar-refractivity contribution in [3.8, 4) is 0 Å². The first-order valence-corrected chi connectivity index (χ1v) is 25.6. The van der Waals surface area contributed by atoms with E-state index >= 15 is 0 Å². The molecule has 0 saturated carbocycles. The van der Waals surface area contributed by atoms with Crippen LogP contribution in [0.15, 0.2) is 83.2 Å². The molecule has 410 valence electrons. The lowest BCUT2D eigenvalue weighted by Gasteiger charge is -2.28. The number of hydrogen-bond acceptors (Lipinski definition) is 14. The molecule has 1 heterocycles. The van der Waals surface area contributed by atoms with Gasteiger partial charge < -0.3 is 76.0 Å². The third-order valence-electron chi connectivity index (χ3n) is 11.4. The van der Waals surface area contributed by atoms with Gasteiger partial charge in [-0.2, -0.15) is 25.3 Å². The fourth-order valence-corrected chi connectivity index (χ4v) is 7.84. The van der Waals surface area contributed by atoms with Crippen LogP contribution in [0.4, 0.5) is 0 Å². The lowest BCUT2D eigenvalue weighted by Crippen LogP contribution is -2.61. The fraction of sp³-hybridized carbons (Fsp3) is 0.479. The Morgan fingerprint density at radius 3 is 1.36 bits per heavy atom. The number of carboxylic acid groups (broad SMARTS) is 1. The number of hydrogen-bond donors (Lipinski definition) is 16. The first-order valence-electron chi connectivity index (χ1n) is 24.3. The first-order chi connectivity index (χ1) is 35.8. The minimum absolute atomic E-state index is 0.0516. The van der Waals surface area contributed by atoms with Gasteiger partial charge in [-0.25, -0.2) is 9.78 Å². The number of aliphatic carboxylic acids is 1. The summed E-state index contributed by atoms with van der Waals surface area (Å²) in [5.74, 6) is -7.57. The number of nitrogens with zero attached hydrogens (tertiary/aromatic N) is 3. The summed E-state index contributed by atoms with van der Waals surface area (Å²) in [6.07, 6.45) is 4.62. The van der Waals surface area contributed by atoms with Crippen LogP contribution in [0.25, 0.3) is 0 Å². The highest BCUT2D eigenvalue weighted by Crippen LogP contribution is 2.11. The van der Waals surface area contributed by atoms with E-state index in [1.807, 2.05) is 6.92 Å². The summed E-state index contributed by atoms with van der Waals surface area (Å²) in [6, 6.07) is 7.02. The molecule has 0 radical (unpaired) electrons. The van der Waals surface area contributed by atoms with Crippen LogP contribution < -0.4 is 65.9 Å². The van der Waals surface area contributed by atoms with E-state index in [0.717, 1.165) is 0 Å². The molecule has 75 heavy (non-hydrogen) atoms. The van der Waals surface area contributed by atoms with Gasteiger partial charge in [0.2, 0.25) is 41.4 Å². The Balaban J connectivity index is 1.93. The van der Waals surface area contributed by atoms with Crippen molar-refractivity contribution in [1.29, 1.82) is 0 Å². The number of carbonyl (C=O) groups excluding carboxylic acids is 7. The second kappa shape index (κ2) is 33.4. The van der Waals surface area contributed by atoms with Crippen molar-refractivity contribution >= 4 is 84.5 Å². The Bertz CT molecular complexity index is 2360. The van der Waals surface area contributed by atoms with Gasteiger partial charge >= 0.3 is 5.97 Å². The molecule has 0 aliphatic rings. The number of unbranched alkanes of at least 4 members (excludes halogenated alkanes) is 1. The zero-order valence-electron chi connectivity index (χ0n) is 41.8. The van der Waals surface area contributed by atoms with Crippen molar-refractivity contribution in [1.82, 2.24) is 47.2 Å². The van der Waals surface area contributed by atoms with Crippen LogP contribution in [-0.4, -0.2) is 147 Å². The molecule has 0 aliphatic carbocycles. The van der Waals surface area contributed by atoms with E-state index in [1.165, 1.54) is 12.5 Å². The Labute approximate surface area is 446 Å². The number of imidazole rings is 1. The van der Waals surface area contributed by atoms with Crippen LogP contribution in [0, 0.1) is 0 Å². The quantitative estimate of drug-likeness (QED) is 0.0126. The highest BCUT2D eigenvalue weighted by molar-refractivity contribution is 7.80. The minimum Gasteiger partial charge on any atom is -0.480 e. The number of guanidine groups is 2. The molecule has 7 amide bonds. The normalized spacial score (nSPS) is 14.1. The Kier molecular flexibility index (Phi) is 27.6. The van der Waals surface area contributed by atoms with Crippen molar-refractivity contribution in [2.75, 3.05) is 24.6 Å². The van der Waals surface area contributed by atoms with Crippen LogP contribution in [0.3, 0.4) is 0 Å². The summed E-state index contributed by atoms with van der Waals surface area (Å²) in [4.78, 5) is 124. The van der Waals surface area contributed by atoms with Gasteiger partial charge in [0.15, 0.2) is 11.9 Å². The molecule has 0 unspecified atom stereocenters. The molecular formula is C48H72N16O9S2. The predicted octanol–water partition coefficient (Wildman–Crippen LogP) is -2.60. The maximum Gasteiger partial charge on any atom is 0.327 e. The molecule has 27 heteroatoms. The molecule has 1 aromatic heterocycles. The smallest absolute Gasteiger partial charge is 0.327 e. The van der Waals surface area contributed by atoms with Gasteiger partial charge in [0.05, 0.1) is 12.4 Å². The molecule has 3 rings (SSSR count). The topological polar surface area (TPSA) is 424 Å². The zero-order chi connectivity index (χ0) is 55.3. The lowest BCUT2D eigenvalue weighted by molar-refractivity contribution is -0.141. The second-order valence-corrected chi connectivity index (χ2v) is 18.2. The van der Waals surface area contributed by atoms with Gasteiger partial charge in [-0.15, -0.1) is 0 Å². The zero-order valence-corrected chi connectivity index (χ0v) is 43.6. The molecule has 0 saturated heterocycles. The Morgan fingerprint density at radius 2 is 0.933 bits per heavy atom. The summed E-state index contributed by atoms with van der Waals surface area (Å²) >= 11 is 8.37. The van der Waals surface area contributed by atoms with Crippen molar-refractivity contribution in [2.24, 2.45) is 38.7 Å². The van der Waals surface area contributed by atoms with Gasteiger partial charge in [0.1, 0.15) is 42.3 Å². The summed E-state index contributed by atoms with van der Waals surface area (Å²) < 4.78 is 0. The lowest BCUT2D eigenvalue weighted by atomic mass is 10.0. The molecule has 0 spiro atoms. The second-order valence-electron chi connectivity index (χ2n) is 17.4. The first kappa shape index (κ1) is 61.9. The fourth-order valence-electron chi connectivity index (χ4n) is 7.34. The van der Waals surface area contributed by atoms with Gasteiger partial charge in [-0.3, -0.25) is 43.5 Å². The average Bonchev–Trinajstić information content (AvgIpc) is 3.90. The summed E-state index contributed by atoms with van der Waals surface area (Å²) in [6.45, 7) is 2.20. The Morgan fingerprint density at radius 1 is 0.547 bits per heavy atom. The van der Waals surface area contributed by atoms with Crippen molar-refractivity contribution in [3.63, 3.8) is 0 Å². The third-order valence-corrected chi connectivity index (χ3v) is 12.1. The number of aromatic nitrogens is 2. The molecule has 0 bridgehead atoms. The molecule has 19 N–H and O–H groups in total. The standard InChI is InChI=1S/C48H72N16O9S2/c1-2-3-17-32(58-39(65)31(49)16-10-19-55-47(50)51)41(67)63-37(25-74)45(71)62-36(23-30-24-54-27-57-30)44(70)61-34(21-28-12-6-4-7-13-28)42(68)59-33(18-11-20-56-48(52)53)40(66)60-35(22-29-14-8-5-9-15-29)43(69)64-38(26-75)46(72)73/h4-9,12-15,24,27,31-38,74-75H,2-3,10-11,16-23,25-26,49H2,1H3,(H,54,57)(H,58,65)(H,59,68)(H,60,66)(H,61,70)(H,62,71)(H,63,67)(H,64,69)(H,72,73)(H4,50,51,55)(H4,52,53,56)/t31-,32-,33-,34+,35-,36-,37-,38-/m0/s1. The van der Waals surface area contributed by atoms with Crippen LogP contribution in [0.2, 0.25) is 0 Å². The predicted molar refractivity (Wildman–Crippen MR) is 289 cm³/mol. The number of thiol groups is 2. The molecule has 2 aromatic carbocycles. The summed E-state index contributed by atoms with van der Waals surface area (Å²) in [5.41, 5.74) is 29.6. The van der Waals surface area contributed by atoms with E-state index in [4.69, 9.17) is 28.7 Å². The van der Waals surface area contributed by atoms with Gasteiger partial charge in [0.25, 0.3) is 0 Å². The number of nitrogens with one attached hydrogen (secondary N) is 8. The van der Waals surface area contributed by atoms with Crippen LogP contribution in [0.1, 0.15) is 68.7 Å². The van der Waals surface area contributed by atoms with Crippen LogP contribution >= 0.6 is 25.3 Å². The van der Waals surface area contributed by atoms with E-state index < -0.39 is 95.7 Å². The maximum atomic E-state index is 14.6. The number of nitrogens with two attached hydrogens (primary N) is 5. The number of carbonyl (C=O) groups is 8. The minimum atomic E-state index is -1.40. The number of H-pyrrole nitrogens is 1. The van der Waals surface area contributed by atoms with E-state index in [2.05, 4.69) is 82.4 Å². The molecule has 3 aromatic rings. The van der Waals surface area contributed by atoms with Gasteiger partial charge in [-0.1, -0.05) is 80.4 Å². The van der Waals surface area contributed by atoms with Gasteiger partial charge in [-0.05, 0) is 43.2 Å². The highest BCUT2D eigenvalue weighted by Gasteiger charge is 2.35. The van der Waals surface area contributed by atoms with Crippen molar-refractivity contribution < 1.29 is 43.5 Å². The Hall–Kier alpha value is -7.39. The van der Waals surface area contributed by atoms with Crippen LogP contribution in [-0.2, 0) is 57.6 Å². The molecule has 25 nitrogen and oxygen atoms in total. The SMILES string of the molecule is CCCC[C@H](NC(=O)[C@@H](N)CCCN=C(N)N)C(=O)N[C@@H](CS)C(=O)N[C@@H](Cc1cnc[nH]1)C(=O)N[C@H](Cc1ccccc1)C(=O)N[C@@H](CCCN=C(N)N)C(=O)N[C@@H](Cc1ccccc1)C(=O)N[C@@H](CS)C(=O)O. The molecular weight excluding hydrogens is 1010 g/mol.